The molecule has 1 unspecified atom stereocenters. The van der Waals surface area contributed by atoms with Crippen LogP contribution in [0.3, 0.4) is 0 Å². The zero-order valence-electron chi connectivity index (χ0n) is 14.6. The normalized spacial score (nSPS) is 16.0. The maximum atomic E-state index is 13.9. The lowest BCUT2D eigenvalue weighted by atomic mass is 9.82. The van der Waals surface area contributed by atoms with Crippen molar-refractivity contribution in [1.82, 2.24) is 4.98 Å². The van der Waals surface area contributed by atoms with Gasteiger partial charge in [-0.25, -0.2) is 9.18 Å². The number of pyridine rings is 1. The molecular weight excluding hydrogens is 347 g/mol. The Kier molecular flexibility index (Phi) is 4.24. The number of hydrogen-bond donors (Lipinski definition) is 1. The number of halogens is 1. The summed E-state index contributed by atoms with van der Waals surface area (Å²) >= 11 is 0. The number of nitrogens with zero attached hydrogens (tertiary/aromatic N) is 1. The Labute approximate surface area is 155 Å². The Morgan fingerprint density at radius 3 is 2.89 bits per heavy atom. The lowest BCUT2D eigenvalue weighted by molar-refractivity contribution is -0.139. The van der Waals surface area contributed by atoms with E-state index in [1.165, 1.54) is 12.1 Å². The molecule has 1 aliphatic heterocycles. The molecule has 2 heterocycles. The summed E-state index contributed by atoms with van der Waals surface area (Å²) < 4.78 is 24.9. The van der Waals surface area contributed by atoms with Gasteiger partial charge in [-0.05, 0) is 30.7 Å². The molecule has 0 amide bonds. The Morgan fingerprint density at radius 2 is 2.11 bits per heavy atom. The fraction of sp³-hybridized carbons (Fsp3) is 0.143. The minimum atomic E-state index is -0.616. The van der Waals surface area contributed by atoms with Gasteiger partial charge in [0, 0.05) is 17.1 Å². The summed E-state index contributed by atoms with van der Waals surface area (Å²) in [5.74, 6) is -1.20. The zero-order valence-corrected chi connectivity index (χ0v) is 14.6. The Morgan fingerprint density at radius 1 is 1.26 bits per heavy atom. The van der Waals surface area contributed by atoms with Gasteiger partial charge in [-0.15, -0.1) is 0 Å². The molecule has 136 valence electrons. The fourth-order valence-electron chi connectivity index (χ4n) is 3.39. The third-order valence-corrected chi connectivity index (χ3v) is 4.51. The molecule has 0 bridgehead atoms. The van der Waals surface area contributed by atoms with E-state index in [0.717, 1.165) is 5.39 Å². The molecule has 2 N–H and O–H groups in total. The third-order valence-electron chi connectivity index (χ3n) is 4.51. The first-order valence-corrected chi connectivity index (χ1v) is 8.58. The van der Waals surface area contributed by atoms with Crippen LogP contribution >= 0.6 is 0 Å². The Balaban J connectivity index is 1.98. The van der Waals surface area contributed by atoms with Gasteiger partial charge in [0.1, 0.15) is 16.9 Å². The molecule has 0 spiro atoms. The van der Waals surface area contributed by atoms with Crippen LogP contribution in [0.2, 0.25) is 0 Å². The van der Waals surface area contributed by atoms with Crippen LogP contribution in [-0.4, -0.2) is 17.6 Å². The van der Waals surface area contributed by atoms with Crippen molar-refractivity contribution in [1.29, 1.82) is 0 Å². The van der Waals surface area contributed by atoms with Crippen LogP contribution in [0.25, 0.3) is 10.9 Å². The average molecular weight is 364 g/mol. The molecule has 2 aromatic carbocycles. The largest absolute Gasteiger partial charge is 0.462 e. The number of nitrogens with two attached hydrogens (primary N) is 1. The van der Waals surface area contributed by atoms with Gasteiger partial charge < -0.3 is 15.2 Å². The number of benzene rings is 2. The van der Waals surface area contributed by atoms with Crippen LogP contribution in [0, 0.1) is 5.82 Å². The second-order valence-corrected chi connectivity index (χ2v) is 6.15. The van der Waals surface area contributed by atoms with E-state index in [1.807, 2.05) is 24.3 Å². The van der Waals surface area contributed by atoms with Crippen LogP contribution in [0.4, 0.5) is 4.39 Å². The highest BCUT2D eigenvalue weighted by Crippen LogP contribution is 2.45. The summed E-state index contributed by atoms with van der Waals surface area (Å²) in [5.41, 5.74) is 8.17. The number of carbonyl (C=O) groups excluding carboxylic acids is 1. The van der Waals surface area contributed by atoms with Gasteiger partial charge in [-0.3, -0.25) is 4.98 Å². The lowest BCUT2D eigenvalue weighted by Crippen LogP contribution is -2.27. The van der Waals surface area contributed by atoms with E-state index in [9.17, 15) is 9.18 Å². The summed E-state index contributed by atoms with van der Waals surface area (Å²) in [6.07, 6.45) is 1.66. The van der Waals surface area contributed by atoms with E-state index in [-0.39, 0.29) is 18.1 Å². The van der Waals surface area contributed by atoms with E-state index in [2.05, 4.69) is 4.98 Å². The smallest absolute Gasteiger partial charge is 0.340 e. The van der Waals surface area contributed by atoms with Gasteiger partial charge >= 0.3 is 5.97 Å². The number of ether oxygens (including phenoxy) is 2. The van der Waals surface area contributed by atoms with E-state index >= 15 is 0 Å². The molecule has 1 atom stereocenters. The Bertz CT molecular complexity index is 1080. The zero-order chi connectivity index (χ0) is 19.0. The average Bonchev–Trinajstić information content (AvgIpc) is 2.67. The SMILES string of the molecule is CCOC(=O)C1=C(N)Oc2c(ccc3cccnc23)C1c1cccc(F)c1. The predicted molar refractivity (Wildman–Crippen MR) is 98.5 cm³/mol. The molecule has 1 aromatic heterocycles. The van der Waals surface area contributed by atoms with Gasteiger partial charge in [-0.1, -0.05) is 30.3 Å². The van der Waals surface area contributed by atoms with Crippen LogP contribution in [0.1, 0.15) is 24.0 Å². The van der Waals surface area contributed by atoms with Crippen molar-refractivity contribution in [2.24, 2.45) is 5.73 Å². The second kappa shape index (κ2) is 6.72. The van der Waals surface area contributed by atoms with Crippen LogP contribution < -0.4 is 10.5 Å². The molecule has 0 saturated carbocycles. The van der Waals surface area contributed by atoms with Gasteiger partial charge in [0.25, 0.3) is 0 Å². The summed E-state index contributed by atoms with van der Waals surface area (Å²) in [7, 11) is 0. The quantitative estimate of drug-likeness (QED) is 0.719. The van der Waals surface area contributed by atoms with Gasteiger partial charge in [-0.2, -0.15) is 0 Å². The van der Waals surface area contributed by atoms with Gasteiger partial charge in [0.15, 0.2) is 5.75 Å². The summed E-state index contributed by atoms with van der Waals surface area (Å²) in [5, 5.41) is 0.877. The standard InChI is InChI=1S/C21H17FN2O3/c1-2-26-21(25)17-16(13-5-3-7-14(22)11-13)15-9-8-12-6-4-10-24-18(12)19(15)27-20(17)23/h3-11,16H,2,23H2,1H3. The predicted octanol–water partition coefficient (Wildman–Crippen LogP) is 3.63. The molecule has 6 heteroatoms. The molecular formula is C21H17FN2O3. The summed E-state index contributed by atoms with van der Waals surface area (Å²) in [6, 6.07) is 13.5. The molecule has 0 radical (unpaired) electrons. The molecule has 3 aromatic rings. The van der Waals surface area contributed by atoms with E-state index in [4.69, 9.17) is 15.2 Å². The van der Waals surface area contributed by atoms with Crippen molar-refractivity contribution < 1.29 is 18.7 Å². The van der Waals surface area contributed by atoms with Crippen LogP contribution in [-0.2, 0) is 9.53 Å². The highest BCUT2D eigenvalue weighted by molar-refractivity contribution is 5.95. The third kappa shape index (κ3) is 2.89. The minimum absolute atomic E-state index is 0.0617. The van der Waals surface area contributed by atoms with Crippen molar-refractivity contribution in [3.05, 3.63) is 83.1 Å². The first-order chi connectivity index (χ1) is 13.1. The van der Waals surface area contributed by atoms with Crippen LogP contribution in [0.5, 0.6) is 5.75 Å². The number of rotatable bonds is 3. The van der Waals surface area contributed by atoms with E-state index in [1.54, 1.807) is 25.3 Å². The Hall–Kier alpha value is -3.41. The van der Waals surface area contributed by atoms with E-state index in [0.29, 0.717) is 22.4 Å². The highest BCUT2D eigenvalue weighted by atomic mass is 19.1. The maximum absolute atomic E-state index is 13.9. The molecule has 0 aliphatic carbocycles. The van der Waals surface area contributed by atoms with Crippen molar-refractivity contribution in [2.45, 2.75) is 12.8 Å². The minimum Gasteiger partial charge on any atom is -0.462 e. The monoisotopic (exact) mass is 364 g/mol. The van der Waals surface area contributed by atoms with Crippen molar-refractivity contribution in [3.63, 3.8) is 0 Å². The fourth-order valence-corrected chi connectivity index (χ4v) is 3.39. The first-order valence-electron chi connectivity index (χ1n) is 8.58. The second-order valence-electron chi connectivity index (χ2n) is 6.15. The van der Waals surface area contributed by atoms with Crippen LogP contribution in [0.15, 0.2) is 66.2 Å². The molecule has 0 saturated heterocycles. The number of aromatic nitrogens is 1. The van der Waals surface area contributed by atoms with Crippen molar-refractivity contribution in [2.75, 3.05) is 6.61 Å². The molecule has 27 heavy (non-hydrogen) atoms. The maximum Gasteiger partial charge on any atom is 0.340 e. The number of fused-ring (bicyclic) bond motifs is 3. The van der Waals surface area contributed by atoms with Gasteiger partial charge in [0.2, 0.25) is 5.88 Å². The highest BCUT2D eigenvalue weighted by Gasteiger charge is 2.36. The van der Waals surface area contributed by atoms with E-state index < -0.39 is 17.7 Å². The molecule has 4 rings (SSSR count). The first kappa shape index (κ1) is 17.0. The topological polar surface area (TPSA) is 74.4 Å². The molecule has 1 aliphatic rings. The lowest BCUT2D eigenvalue weighted by Gasteiger charge is -2.29. The summed E-state index contributed by atoms with van der Waals surface area (Å²) in [6.45, 7) is 1.90. The molecule has 0 fully saturated rings. The summed E-state index contributed by atoms with van der Waals surface area (Å²) in [4.78, 5) is 17.0. The number of hydrogen-bond acceptors (Lipinski definition) is 5. The van der Waals surface area contributed by atoms with Crippen molar-refractivity contribution in [3.8, 4) is 5.75 Å². The number of carbonyl (C=O) groups is 1. The van der Waals surface area contributed by atoms with Gasteiger partial charge in [0.05, 0.1) is 12.5 Å². The van der Waals surface area contributed by atoms with Crippen molar-refractivity contribution >= 4 is 16.9 Å². The molecule has 5 nitrogen and oxygen atoms in total. The number of esters is 1.